The first-order valence-electron chi connectivity index (χ1n) is 9.51. The van der Waals surface area contributed by atoms with Gasteiger partial charge < -0.3 is 21.3 Å². The average molecular weight is 401 g/mol. The van der Waals surface area contributed by atoms with Gasteiger partial charge in [-0.3, -0.25) is 14.9 Å². The largest absolute Gasteiger partial charge is 0.377 e. The number of nitrogens with two attached hydrogens (primary N) is 1. The minimum atomic E-state index is -0.578. The number of hydrogen-bond acceptors (Lipinski definition) is 6. The molecule has 0 spiro atoms. The Morgan fingerprint density at radius 3 is 2.60 bits per heavy atom. The Bertz CT molecular complexity index is 1180. The van der Waals surface area contributed by atoms with Gasteiger partial charge in [0.05, 0.1) is 11.9 Å². The van der Waals surface area contributed by atoms with Crippen LogP contribution in [0, 0.1) is 0 Å². The van der Waals surface area contributed by atoms with Crippen molar-refractivity contribution in [1.82, 2.24) is 15.2 Å². The maximum atomic E-state index is 12.1. The number of carbonyl (C=O) groups excluding carboxylic acids is 1. The molecule has 1 amide bonds. The van der Waals surface area contributed by atoms with E-state index in [1.165, 1.54) is 5.39 Å². The van der Waals surface area contributed by atoms with Gasteiger partial charge in [-0.2, -0.15) is 5.10 Å². The van der Waals surface area contributed by atoms with Crippen molar-refractivity contribution in [3.63, 3.8) is 0 Å². The van der Waals surface area contributed by atoms with E-state index in [0.717, 1.165) is 16.6 Å². The van der Waals surface area contributed by atoms with Crippen molar-refractivity contribution >= 4 is 39.7 Å². The van der Waals surface area contributed by atoms with Crippen molar-refractivity contribution in [2.75, 3.05) is 29.6 Å². The van der Waals surface area contributed by atoms with E-state index in [2.05, 4.69) is 55.0 Å². The Morgan fingerprint density at radius 1 is 1.10 bits per heavy atom. The normalized spacial score (nSPS) is 10.7. The summed E-state index contributed by atoms with van der Waals surface area (Å²) in [6.45, 7) is 0.503. The molecule has 2 heterocycles. The standard InChI is InChI=1S/C22H23N7O/c1-29(2)18-10-9-14(16-7-3-4-8-17(16)18)12-25-21-19(20(23)30)22(28-27-21)26-15-6-5-11-24-13-15/h3-11,13H,12H2,1-2H3,(H2,23,30)(H3,25,26,27,28). The van der Waals surface area contributed by atoms with Crippen LogP contribution in [0.3, 0.4) is 0 Å². The summed E-state index contributed by atoms with van der Waals surface area (Å²) >= 11 is 0. The van der Waals surface area contributed by atoms with E-state index in [1.54, 1.807) is 18.5 Å². The first-order chi connectivity index (χ1) is 14.5. The zero-order valence-corrected chi connectivity index (χ0v) is 16.8. The van der Waals surface area contributed by atoms with Gasteiger partial charge in [0.1, 0.15) is 11.4 Å². The first-order valence-corrected chi connectivity index (χ1v) is 9.51. The molecule has 2 aromatic heterocycles. The Hall–Kier alpha value is -4.07. The number of aromatic nitrogens is 3. The van der Waals surface area contributed by atoms with Crippen LogP contribution < -0.4 is 21.3 Å². The van der Waals surface area contributed by atoms with Gasteiger partial charge in [-0.1, -0.05) is 30.3 Å². The van der Waals surface area contributed by atoms with Crippen molar-refractivity contribution in [1.29, 1.82) is 0 Å². The summed E-state index contributed by atoms with van der Waals surface area (Å²) in [5, 5.41) is 15.7. The van der Waals surface area contributed by atoms with Crippen molar-refractivity contribution in [3.05, 3.63) is 72.1 Å². The van der Waals surface area contributed by atoms with Gasteiger partial charge in [0.25, 0.3) is 5.91 Å². The van der Waals surface area contributed by atoms with Crippen LogP contribution in [0.25, 0.3) is 10.8 Å². The molecule has 4 rings (SSSR count). The zero-order valence-electron chi connectivity index (χ0n) is 16.8. The highest BCUT2D eigenvalue weighted by Crippen LogP contribution is 2.30. The van der Waals surface area contributed by atoms with Gasteiger partial charge in [-0.25, -0.2) is 0 Å². The van der Waals surface area contributed by atoms with Gasteiger partial charge in [0, 0.05) is 37.9 Å². The van der Waals surface area contributed by atoms with Gasteiger partial charge in [0.15, 0.2) is 5.82 Å². The monoisotopic (exact) mass is 401 g/mol. The summed E-state index contributed by atoms with van der Waals surface area (Å²) in [5.74, 6) is 0.242. The molecular formula is C22H23N7O. The molecule has 0 atom stereocenters. The third kappa shape index (κ3) is 3.75. The summed E-state index contributed by atoms with van der Waals surface area (Å²) < 4.78 is 0. The molecule has 0 fully saturated rings. The van der Waals surface area contributed by atoms with E-state index >= 15 is 0 Å². The lowest BCUT2D eigenvalue weighted by molar-refractivity contribution is 0.100. The Kier molecular flexibility index (Phi) is 5.21. The minimum Gasteiger partial charge on any atom is -0.377 e. The molecule has 0 aliphatic carbocycles. The maximum Gasteiger partial charge on any atom is 0.256 e. The Labute approximate surface area is 174 Å². The van der Waals surface area contributed by atoms with Gasteiger partial charge in [-0.15, -0.1) is 0 Å². The molecule has 0 aliphatic heterocycles. The SMILES string of the molecule is CN(C)c1ccc(CNc2[nH]nc(Nc3cccnc3)c2C(N)=O)c2ccccc12. The van der Waals surface area contributed by atoms with Crippen molar-refractivity contribution in [2.45, 2.75) is 6.54 Å². The number of benzene rings is 2. The van der Waals surface area contributed by atoms with Crippen LogP contribution in [0.2, 0.25) is 0 Å². The third-order valence-electron chi connectivity index (χ3n) is 4.87. The van der Waals surface area contributed by atoms with Crippen LogP contribution in [0.4, 0.5) is 23.0 Å². The molecule has 30 heavy (non-hydrogen) atoms. The summed E-state index contributed by atoms with van der Waals surface area (Å²) in [5.41, 5.74) is 8.86. The van der Waals surface area contributed by atoms with E-state index in [9.17, 15) is 4.79 Å². The first kappa shape index (κ1) is 19.3. The summed E-state index contributed by atoms with van der Waals surface area (Å²) in [6.07, 6.45) is 3.31. The lowest BCUT2D eigenvalue weighted by Crippen LogP contribution is -2.15. The molecule has 0 saturated heterocycles. The van der Waals surface area contributed by atoms with E-state index in [1.807, 2.05) is 32.3 Å². The fourth-order valence-electron chi connectivity index (χ4n) is 3.45. The number of aromatic amines is 1. The summed E-state index contributed by atoms with van der Waals surface area (Å²) in [7, 11) is 4.06. The van der Waals surface area contributed by atoms with E-state index in [-0.39, 0.29) is 5.56 Å². The highest BCUT2D eigenvalue weighted by molar-refractivity contribution is 6.03. The zero-order chi connectivity index (χ0) is 21.1. The second kappa shape index (κ2) is 8.12. The van der Waals surface area contributed by atoms with Crippen LogP contribution >= 0.6 is 0 Å². The number of nitrogens with zero attached hydrogens (tertiary/aromatic N) is 3. The second-order valence-corrected chi connectivity index (χ2v) is 7.09. The predicted molar refractivity (Wildman–Crippen MR) is 120 cm³/mol. The van der Waals surface area contributed by atoms with Crippen LogP contribution in [0.5, 0.6) is 0 Å². The van der Waals surface area contributed by atoms with Crippen molar-refractivity contribution in [3.8, 4) is 0 Å². The molecule has 0 bridgehead atoms. The molecule has 0 aliphatic rings. The molecule has 0 radical (unpaired) electrons. The molecule has 5 N–H and O–H groups in total. The van der Waals surface area contributed by atoms with Crippen molar-refractivity contribution in [2.24, 2.45) is 5.73 Å². The lowest BCUT2D eigenvalue weighted by atomic mass is 10.0. The van der Waals surface area contributed by atoms with E-state index < -0.39 is 5.91 Å². The summed E-state index contributed by atoms with van der Waals surface area (Å²) in [4.78, 5) is 18.2. The van der Waals surface area contributed by atoms with Gasteiger partial charge in [-0.05, 0) is 29.1 Å². The van der Waals surface area contributed by atoms with E-state index in [4.69, 9.17) is 5.73 Å². The lowest BCUT2D eigenvalue weighted by Gasteiger charge is -2.18. The van der Waals surface area contributed by atoms with Crippen LogP contribution in [-0.2, 0) is 6.54 Å². The topological polar surface area (TPSA) is 112 Å². The molecule has 8 nitrogen and oxygen atoms in total. The second-order valence-electron chi connectivity index (χ2n) is 7.09. The third-order valence-corrected chi connectivity index (χ3v) is 4.87. The number of fused-ring (bicyclic) bond motifs is 1. The molecule has 8 heteroatoms. The number of pyridine rings is 1. The number of amides is 1. The number of H-pyrrole nitrogens is 1. The maximum absolute atomic E-state index is 12.1. The number of rotatable bonds is 7. The quantitative estimate of drug-likeness (QED) is 0.377. The molecule has 0 saturated carbocycles. The smallest absolute Gasteiger partial charge is 0.256 e. The number of carbonyl (C=O) groups is 1. The Morgan fingerprint density at radius 2 is 1.90 bits per heavy atom. The Balaban J connectivity index is 1.62. The molecule has 2 aromatic carbocycles. The molecule has 0 unspecified atom stereocenters. The predicted octanol–water partition coefficient (Wildman–Crippen LogP) is 3.48. The van der Waals surface area contributed by atoms with Gasteiger partial charge in [0.2, 0.25) is 0 Å². The van der Waals surface area contributed by atoms with Crippen LogP contribution in [0.15, 0.2) is 60.9 Å². The number of anilines is 4. The van der Waals surface area contributed by atoms with Crippen LogP contribution in [-0.4, -0.2) is 35.2 Å². The molecule has 152 valence electrons. The van der Waals surface area contributed by atoms with E-state index in [0.29, 0.717) is 23.9 Å². The fourth-order valence-corrected chi connectivity index (χ4v) is 3.45. The number of nitrogens with one attached hydrogen (secondary N) is 3. The highest BCUT2D eigenvalue weighted by atomic mass is 16.1. The molecular weight excluding hydrogens is 378 g/mol. The summed E-state index contributed by atoms with van der Waals surface area (Å²) in [6, 6.07) is 16.1. The fraction of sp³-hybridized carbons (Fsp3) is 0.136. The number of hydrogen-bond donors (Lipinski definition) is 4. The minimum absolute atomic E-state index is 0.271. The highest BCUT2D eigenvalue weighted by Gasteiger charge is 2.19. The van der Waals surface area contributed by atoms with Crippen molar-refractivity contribution < 1.29 is 4.79 Å². The van der Waals surface area contributed by atoms with Crippen LogP contribution in [0.1, 0.15) is 15.9 Å². The number of primary amides is 1. The average Bonchev–Trinajstić information content (AvgIpc) is 3.15. The van der Waals surface area contributed by atoms with Gasteiger partial charge >= 0.3 is 0 Å². The molecule has 4 aromatic rings.